The molecule has 0 bridgehead atoms. The van der Waals surface area contributed by atoms with Crippen LogP contribution in [0.15, 0.2) is 0 Å². The normalized spacial score (nSPS) is 12.0. The molecule has 0 rings (SSSR count). The van der Waals surface area contributed by atoms with Crippen molar-refractivity contribution in [3.63, 3.8) is 0 Å². The Balaban J connectivity index is -0.0000000521. The molecule has 0 aliphatic rings. The first-order chi connectivity index (χ1) is 9.71. The van der Waals surface area contributed by atoms with E-state index >= 15 is 0 Å². The topological polar surface area (TPSA) is 358 Å². The standard InChI is InChI=1S/Na.H4O7P2.3H3O4P.H/c;1-8(2,3)7-9(4,5)6;3*1-5(2,3)4;/h;(H2,1,2,3)(H2,4,5,6);3*(H3,1,2,3,4);/q+1;;;;;-1. The molecular formula is H14NaO19P5. The van der Waals surface area contributed by atoms with E-state index in [2.05, 4.69) is 4.31 Å². The molecule has 0 heterocycles. The van der Waals surface area contributed by atoms with Crippen LogP contribution in [0.3, 0.4) is 0 Å². The molecule has 13 N–H and O–H groups in total. The Labute approximate surface area is 160 Å². The van der Waals surface area contributed by atoms with Crippen molar-refractivity contribution in [3.8, 4) is 0 Å². The average molecular weight is 496 g/mol. The summed E-state index contributed by atoms with van der Waals surface area (Å²) < 4.78 is 48.9. The summed E-state index contributed by atoms with van der Waals surface area (Å²) in [6.45, 7) is 0. The Hall–Kier alpha value is 1.59. The summed E-state index contributed by atoms with van der Waals surface area (Å²) in [5, 5.41) is 0. The minimum absolute atomic E-state index is 0. The number of rotatable bonds is 2. The molecule has 154 valence electrons. The van der Waals surface area contributed by atoms with Crippen molar-refractivity contribution in [2.75, 3.05) is 0 Å². The fourth-order valence-corrected chi connectivity index (χ4v) is 1.25. The van der Waals surface area contributed by atoms with Gasteiger partial charge in [-0.15, -0.1) is 0 Å². The molecular weight excluding hydrogens is 482 g/mol. The summed E-state index contributed by atoms with van der Waals surface area (Å²) in [7, 11) is -24.0. The van der Waals surface area contributed by atoms with Gasteiger partial charge in [0.25, 0.3) is 0 Å². The van der Waals surface area contributed by atoms with Crippen molar-refractivity contribution in [2.24, 2.45) is 0 Å². The van der Waals surface area contributed by atoms with Crippen LogP contribution in [0.4, 0.5) is 0 Å². The third kappa shape index (κ3) is 247. The van der Waals surface area contributed by atoms with Crippen LogP contribution in [-0.4, -0.2) is 63.6 Å². The molecule has 0 saturated carbocycles. The summed E-state index contributed by atoms with van der Waals surface area (Å²) >= 11 is 0. The van der Waals surface area contributed by atoms with Crippen LogP contribution in [0.5, 0.6) is 0 Å². The molecule has 0 spiro atoms. The maximum atomic E-state index is 9.63. The molecule has 0 atom stereocenters. The summed E-state index contributed by atoms with van der Waals surface area (Å²) in [6.07, 6.45) is 0. The van der Waals surface area contributed by atoms with Gasteiger partial charge in [0, 0.05) is 0 Å². The van der Waals surface area contributed by atoms with Crippen molar-refractivity contribution in [3.05, 3.63) is 0 Å². The molecule has 0 aliphatic heterocycles. The van der Waals surface area contributed by atoms with Gasteiger partial charge in [0.2, 0.25) is 0 Å². The summed E-state index contributed by atoms with van der Waals surface area (Å²) in [6, 6.07) is 0. The van der Waals surface area contributed by atoms with Crippen LogP contribution in [-0.2, 0) is 27.1 Å². The summed E-state index contributed by atoms with van der Waals surface area (Å²) in [5.74, 6) is 0. The van der Waals surface area contributed by atoms with E-state index < -0.39 is 39.1 Å². The molecule has 0 amide bonds. The van der Waals surface area contributed by atoms with E-state index in [0.717, 1.165) is 0 Å². The van der Waals surface area contributed by atoms with Crippen LogP contribution < -0.4 is 29.6 Å². The first-order valence-electron chi connectivity index (χ1n) is 3.88. The second-order valence-electron chi connectivity index (χ2n) is 2.60. The van der Waals surface area contributed by atoms with Gasteiger partial charge in [-0.3, -0.25) is 0 Å². The van der Waals surface area contributed by atoms with E-state index in [-0.39, 0.29) is 31.0 Å². The van der Waals surface area contributed by atoms with Gasteiger partial charge in [-0.25, -0.2) is 22.8 Å². The Morgan fingerprint density at radius 2 is 0.520 bits per heavy atom. The third-order valence-corrected chi connectivity index (χ3v) is 1.91. The van der Waals surface area contributed by atoms with Crippen LogP contribution >= 0.6 is 39.1 Å². The van der Waals surface area contributed by atoms with Gasteiger partial charge >= 0.3 is 68.7 Å². The monoisotopic (exact) mass is 496 g/mol. The van der Waals surface area contributed by atoms with Crippen molar-refractivity contribution < 1.29 is 122 Å². The van der Waals surface area contributed by atoms with Crippen molar-refractivity contribution >= 4 is 39.1 Å². The predicted molar refractivity (Wildman–Crippen MR) is 69.1 cm³/mol. The zero-order chi connectivity index (χ0) is 21.2. The maximum absolute atomic E-state index is 9.63. The smallest absolute Gasteiger partial charge is 1.00 e. The van der Waals surface area contributed by atoms with Crippen LogP contribution in [0.1, 0.15) is 1.43 Å². The van der Waals surface area contributed by atoms with Crippen molar-refractivity contribution in [2.45, 2.75) is 0 Å². The van der Waals surface area contributed by atoms with Crippen LogP contribution in [0.2, 0.25) is 0 Å². The van der Waals surface area contributed by atoms with E-state index in [0.29, 0.717) is 0 Å². The Morgan fingerprint density at radius 3 is 0.520 bits per heavy atom. The van der Waals surface area contributed by atoms with Gasteiger partial charge in [-0.1, -0.05) is 0 Å². The predicted octanol–water partition coefficient (Wildman–Crippen LogP) is -6.48. The van der Waals surface area contributed by atoms with Crippen molar-refractivity contribution in [1.82, 2.24) is 0 Å². The molecule has 0 aliphatic carbocycles. The molecule has 0 unspecified atom stereocenters. The average Bonchev–Trinajstić information content (AvgIpc) is 1.80. The largest absolute Gasteiger partial charge is 1.00 e. The minimum atomic E-state index is -5.05. The van der Waals surface area contributed by atoms with Gasteiger partial charge < -0.3 is 65.0 Å². The van der Waals surface area contributed by atoms with Crippen molar-refractivity contribution in [1.29, 1.82) is 0 Å². The molecule has 0 aromatic rings. The maximum Gasteiger partial charge on any atom is 1.00 e. The molecule has 19 nitrogen and oxygen atoms in total. The van der Waals surface area contributed by atoms with Crippen LogP contribution in [0, 0.1) is 0 Å². The molecule has 0 fully saturated rings. The Morgan fingerprint density at radius 1 is 0.440 bits per heavy atom. The number of phosphoric acid groups is 5. The second-order valence-corrected chi connectivity index (χ2v) is 8.30. The first kappa shape index (κ1) is 37.4. The van der Waals surface area contributed by atoms with E-state index in [1.165, 1.54) is 0 Å². The van der Waals surface area contributed by atoms with Gasteiger partial charge in [0.15, 0.2) is 0 Å². The molecule has 25 heavy (non-hydrogen) atoms. The third-order valence-electron chi connectivity index (χ3n) is 0.213. The first-order valence-corrected chi connectivity index (χ1v) is 11.6. The van der Waals surface area contributed by atoms with Crippen LogP contribution in [0.25, 0.3) is 0 Å². The fourth-order valence-electron chi connectivity index (χ4n) is 0.139. The molecule has 0 radical (unpaired) electrons. The zero-order valence-corrected chi connectivity index (χ0v) is 18.0. The number of hydrogen-bond acceptors (Lipinski definition) is 6. The molecule has 25 heteroatoms. The van der Waals surface area contributed by atoms with E-state index in [1.54, 1.807) is 0 Å². The minimum Gasteiger partial charge on any atom is -1.00 e. The quantitative estimate of drug-likeness (QED) is 0.125. The zero-order valence-electron chi connectivity index (χ0n) is 12.5. The van der Waals surface area contributed by atoms with Gasteiger partial charge in [0.1, 0.15) is 0 Å². The Kier molecular flexibility index (Phi) is 21.8. The fraction of sp³-hybridized carbons (Fsp3) is 0. The van der Waals surface area contributed by atoms with Gasteiger partial charge in [-0.2, -0.15) is 4.31 Å². The number of hydrogen-bond donors (Lipinski definition) is 13. The van der Waals surface area contributed by atoms with E-state index in [9.17, 15) is 9.13 Å². The SMILES string of the molecule is O=P(O)(O)O.O=P(O)(O)O.O=P(O)(O)O.O=P(O)(O)OP(=O)(O)O.[H-].[Na+]. The van der Waals surface area contributed by atoms with E-state index in [1.807, 2.05) is 0 Å². The summed E-state index contributed by atoms with van der Waals surface area (Å²) in [4.78, 5) is 95.7. The second kappa shape index (κ2) is 14.6. The van der Waals surface area contributed by atoms with E-state index in [4.69, 9.17) is 77.3 Å². The molecule has 0 saturated heterocycles. The molecule has 0 aromatic heterocycles. The van der Waals surface area contributed by atoms with Gasteiger partial charge in [0.05, 0.1) is 0 Å². The summed E-state index contributed by atoms with van der Waals surface area (Å²) in [5.41, 5.74) is 0. The molecule has 0 aromatic carbocycles. The van der Waals surface area contributed by atoms with Gasteiger partial charge in [-0.05, 0) is 0 Å². The Bertz CT molecular complexity index is 456.